The summed E-state index contributed by atoms with van der Waals surface area (Å²) in [5.74, 6) is -0.792. The van der Waals surface area contributed by atoms with Crippen molar-refractivity contribution in [1.29, 1.82) is 0 Å². The lowest BCUT2D eigenvalue weighted by atomic mass is 10.2. The van der Waals surface area contributed by atoms with E-state index in [0.717, 1.165) is 11.3 Å². The van der Waals surface area contributed by atoms with Gasteiger partial charge in [-0.1, -0.05) is 24.3 Å². The van der Waals surface area contributed by atoms with E-state index in [9.17, 15) is 17.6 Å². The third-order valence-corrected chi connectivity index (χ3v) is 5.45. The monoisotopic (exact) mass is 391 g/mol. The van der Waals surface area contributed by atoms with E-state index in [-0.39, 0.29) is 17.3 Å². The van der Waals surface area contributed by atoms with Crippen molar-refractivity contribution in [2.45, 2.75) is 11.4 Å². The van der Waals surface area contributed by atoms with Gasteiger partial charge in [-0.15, -0.1) is 11.3 Å². The summed E-state index contributed by atoms with van der Waals surface area (Å²) in [6.45, 7) is 0.120. The zero-order valence-electron chi connectivity index (χ0n) is 13.3. The average molecular weight is 391 g/mol. The van der Waals surface area contributed by atoms with Crippen molar-refractivity contribution in [2.75, 3.05) is 0 Å². The molecule has 3 aromatic rings. The molecule has 0 fully saturated rings. The summed E-state index contributed by atoms with van der Waals surface area (Å²) in [5.41, 5.74) is 0.918. The number of carbonyl (C=O) groups excluding carboxylic acids is 1. The van der Waals surface area contributed by atoms with Crippen molar-refractivity contribution >= 4 is 27.3 Å². The molecule has 0 radical (unpaired) electrons. The number of carbonyl (C=O) groups is 1. The molecule has 1 heterocycles. The number of sulfonamides is 1. The smallest absolute Gasteiger partial charge is 0.263 e. The van der Waals surface area contributed by atoms with Crippen LogP contribution in [0.3, 0.4) is 0 Å². The summed E-state index contributed by atoms with van der Waals surface area (Å²) < 4.78 is 36.5. The highest BCUT2D eigenvalue weighted by atomic mass is 32.2. The van der Waals surface area contributed by atoms with Gasteiger partial charge in [0.1, 0.15) is 15.7 Å². The van der Waals surface area contributed by atoms with Crippen LogP contribution >= 0.6 is 11.3 Å². The molecule has 0 saturated carbocycles. The highest BCUT2D eigenvalue weighted by molar-refractivity contribution is 7.89. The number of halogens is 1. The molecule has 2 aromatic carbocycles. The van der Waals surface area contributed by atoms with Crippen LogP contribution in [-0.2, 0) is 16.6 Å². The second kappa shape index (κ2) is 7.32. The Labute approximate surface area is 153 Å². The van der Waals surface area contributed by atoms with Gasteiger partial charge in [0.05, 0.1) is 11.1 Å². The van der Waals surface area contributed by atoms with Crippen LogP contribution in [0.25, 0.3) is 10.6 Å². The van der Waals surface area contributed by atoms with Gasteiger partial charge in [0, 0.05) is 12.1 Å². The van der Waals surface area contributed by atoms with Crippen LogP contribution < -0.4 is 10.5 Å². The first-order valence-electron chi connectivity index (χ1n) is 7.45. The van der Waals surface area contributed by atoms with E-state index in [2.05, 4.69) is 10.3 Å². The predicted octanol–water partition coefficient (Wildman–Crippen LogP) is 2.53. The van der Waals surface area contributed by atoms with Gasteiger partial charge in [-0.25, -0.2) is 22.9 Å². The Hall–Kier alpha value is -2.62. The predicted molar refractivity (Wildman–Crippen MR) is 96.5 cm³/mol. The first kappa shape index (κ1) is 18.2. The summed E-state index contributed by atoms with van der Waals surface area (Å²) >= 11 is 1.07. The zero-order chi connectivity index (χ0) is 18.7. The molecule has 0 spiro atoms. The quantitative estimate of drug-likeness (QED) is 0.698. The molecule has 3 N–H and O–H groups in total. The molecule has 9 heteroatoms. The number of nitrogens with one attached hydrogen (secondary N) is 1. The van der Waals surface area contributed by atoms with Crippen LogP contribution in [0.15, 0.2) is 59.6 Å². The largest absolute Gasteiger partial charge is 0.347 e. The van der Waals surface area contributed by atoms with Crippen molar-refractivity contribution in [1.82, 2.24) is 10.3 Å². The van der Waals surface area contributed by atoms with Gasteiger partial charge < -0.3 is 5.32 Å². The maximum atomic E-state index is 13.8. The van der Waals surface area contributed by atoms with Gasteiger partial charge >= 0.3 is 0 Å². The number of aromatic nitrogens is 1. The standard InChI is InChI=1S/C17H14FN3O3S2/c18-14-7-2-1-6-13(14)17-21-10-15(25-17)16(22)20-9-11-4-3-5-12(8-11)26(19,23)24/h1-8,10H,9H2,(H,20,22)(H2,19,23,24). The molecule has 134 valence electrons. The first-order valence-corrected chi connectivity index (χ1v) is 9.81. The first-order chi connectivity index (χ1) is 12.3. The zero-order valence-corrected chi connectivity index (χ0v) is 15.0. The maximum Gasteiger partial charge on any atom is 0.263 e. The minimum atomic E-state index is -3.80. The normalized spacial score (nSPS) is 11.3. The van der Waals surface area contributed by atoms with Gasteiger partial charge in [0.15, 0.2) is 0 Å². The van der Waals surface area contributed by atoms with Crippen molar-refractivity contribution in [3.05, 3.63) is 71.0 Å². The molecule has 3 rings (SSSR count). The Balaban J connectivity index is 1.71. The van der Waals surface area contributed by atoms with Gasteiger partial charge in [0.25, 0.3) is 5.91 Å². The summed E-state index contributed by atoms with van der Waals surface area (Å²) in [5, 5.41) is 8.17. The molecule has 6 nitrogen and oxygen atoms in total. The van der Waals surface area contributed by atoms with Gasteiger partial charge in [-0.3, -0.25) is 4.79 Å². The molecule has 1 aromatic heterocycles. The Kier molecular flexibility index (Phi) is 5.12. The molecule has 0 aliphatic carbocycles. The lowest BCUT2D eigenvalue weighted by Gasteiger charge is -2.05. The number of hydrogen-bond donors (Lipinski definition) is 2. The van der Waals surface area contributed by atoms with Crippen LogP contribution in [-0.4, -0.2) is 19.3 Å². The second-order valence-electron chi connectivity index (χ2n) is 5.38. The van der Waals surface area contributed by atoms with Crippen molar-refractivity contribution in [3.8, 4) is 10.6 Å². The van der Waals surface area contributed by atoms with Gasteiger partial charge in [-0.2, -0.15) is 0 Å². The summed E-state index contributed by atoms with van der Waals surface area (Å²) in [7, 11) is -3.80. The molecule has 0 atom stereocenters. The Bertz CT molecular complexity index is 1060. The highest BCUT2D eigenvalue weighted by Gasteiger charge is 2.14. The second-order valence-corrected chi connectivity index (χ2v) is 7.98. The Morgan fingerprint density at radius 1 is 1.19 bits per heavy atom. The summed E-state index contributed by atoms with van der Waals surface area (Å²) in [4.78, 5) is 16.6. The fourth-order valence-electron chi connectivity index (χ4n) is 2.24. The number of nitrogens with zero attached hydrogens (tertiary/aromatic N) is 1. The SMILES string of the molecule is NS(=O)(=O)c1cccc(CNC(=O)c2cnc(-c3ccccc3F)s2)c1. The third kappa shape index (κ3) is 4.13. The van der Waals surface area contributed by atoms with E-state index in [0.29, 0.717) is 21.0 Å². The van der Waals surface area contributed by atoms with E-state index in [1.54, 1.807) is 30.3 Å². The lowest BCUT2D eigenvalue weighted by molar-refractivity contribution is 0.0954. The Morgan fingerprint density at radius 3 is 2.69 bits per heavy atom. The average Bonchev–Trinajstić information content (AvgIpc) is 3.09. The van der Waals surface area contributed by atoms with Crippen LogP contribution in [0, 0.1) is 5.82 Å². The van der Waals surface area contributed by atoms with Crippen molar-refractivity contribution < 1.29 is 17.6 Å². The van der Waals surface area contributed by atoms with E-state index in [4.69, 9.17) is 5.14 Å². The maximum absolute atomic E-state index is 13.8. The highest BCUT2D eigenvalue weighted by Crippen LogP contribution is 2.27. The minimum absolute atomic E-state index is 0.0242. The molecular weight excluding hydrogens is 377 g/mol. The van der Waals surface area contributed by atoms with E-state index < -0.39 is 15.8 Å². The number of primary sulfonamides is 1. The van der Waals surface area contributed by atoms with E-state index in [1.165, 1.54) is 24.4 Å². The molecule has 0 unspecified atom stereocenters. The number of benzene rings is 2. The topological polar surface area (TPSA) is 102 Å². The van der Waals surface area contributed by atoms with Crippen LogP contribution in [0.1, 0.15) is 15.2 Å². The molecule has 0 aliphatic rings. The molecule has 1 amide bonds. The summed E-state index contributed by atoms with van der Waals surface area (Å²) in [6.07, 6.45) is 1.38. The van der Waals surface area contributed by atoms with Crippen LogP contribution in [0.5, 0.6) is 0 Å². The summed E-state index contributed by atoms with van der Waals surface area (Å²) in [6, 6.07) is 12.2. The van der Waals surface area contributed by atoms with E-state index >= 15 is 0 Å². The fourth-order valence-corrected chi connectivity index (χ4v) is 3.68. The molecular formula is C17H14FN3O3S2. The molecule has 0 aliphatic heterocycles. The van der Waals surface area contributed by atoms with E-state index in [1.807, 2.05) is 0 Å². The van der Waals surface area contributed by atoms with Crippen molar-refractivity contribution in [3.63, 3.8) is 0 Å². The van der Waals surface area contributed by atoms with Crippen molar-refractivity contribution in [2.24, 2.45) is 5.14 Å². The number of hydrogen-bond acceptors (Lipinski definition) is 5. The number of amides is 1. The number of rotatable bonds is 5. The van der Waals surface area contributed by atoms with Gasteiger partial charge in [0.2, 0.25) is 10.0 Å². The number of nitrogens with two attached hydrogens (primary N) is 1. The fraction of sp³-hybridized carbons (Fsp3) is 0.0588. The molecule has 26 heavy (non-hydrogen) atoms. The number of thiazole rings is 1. The van der Waals surface area contributed by atoms with Crippen LogP contribution in [0.4, 0.5) is 4.39 Å². The molecule has 0 bridgehead atoms. The van der Waals surface area contributed by atoms with Crippen LogP contribution in [0.2, 0.25) is 0 Å². The molecule has 0 saturated heterocycles. The Morgan fingerprint density at radius 2 is 1.96 bits per heavy atom. The van der Waals surface area contributed by atoms with Gasteiger partial charge in [-0.05, 0) is 29.8 Å². The lowest BCUT2D eigenvalue weighted by Crippen LogP contribution is -2.22. The minimum Gasteiger partial charge on any atom is -0.347 e. The third-order valence-electron chi connectivity index (χ3n) is 3.51.